The van der Waals surface area contributed by atoms with E-state index >= 15 is 0 Å². The summed E-state index contributed by atoms with van der Waals surface area (Å²) in [5, 5.41) is 0. The molecule has 0 aromatic carbocycles. The maximum atomic E-state index is 12.9. The van der Waals surface area contributed by atoms with Gasteiger partial charge >= 0.3 is 11.9 Å². The number of methoxy groups -OCH3 is 1. The van der Waals surface area contributed by atoms with E-state index in [-0.39, 0.29) is 46.3 Å². The second-order valence-corrected chi connectivity index (χ2v) is 10.2. The van der Waals surface area contributed by atoms with E-state index in [4.69, 9.17) is 9.47 Å². The zero-order valence-electron chi connectivity index (χ0n) is 17.6. The molecule has 0 bridgehead atoms. The van der Waals surface area contributed by atoms with Crippen LogP contribution in [-0.2, 0) is 23.9 Å². The third-order valence-electron chi connectivity index (χ3n) is 9.23. The number of fused-ring (bicyclic) bond motifs is 6. The lowest BCUT2D eigenvalue weighted by Crippen LogP contribution is -2.53. The average Bonchev–Trinajstić information content (AvgIpc) is 3.22. The lowest BCUT2D eigenvalue weighted by atomic mass is 9.48. The molecule has 6 atom stereocenters. The second-order valence-electron chi connectivity index (χ2n) is 10.2. The molecule has 1 heterocycles. The molecule has 2 saturated carbocycles. The first-order valence-electron chi connectivity index (χ1n) is 11.0. The summed E-state index contributed by atoms with van der Waals surface area (Å²) in [6.07, 6.45) is 10.1. The fraction of sp³-hybridized carbons (Fsp3) is 0.708. The highest BCUT2D eigenvalue weighted by Gasteiger charge is 2.67. The van der Waals surface area contributed by atoms with Gasteiger partial charge in [0.15, 0.2) is 5.78 Å². The van der Waals surface area contributed by atoms with Crippen LogP contribution in [0, 0.1) is 28.6 Å². The highest BCUT2D eigenvalue weighted by Crippen LogP contribution is 2.69. The molecular weight excluding hydrogens is 368 g/mol. The number of carbonyl (C=O) groups excluding carboxylic acids is 3. The molecule has 0 aromatic heterocycles. The summed E-state index contributed by atoms with van der Waals surface area (Å²) in [6.45, 7) is 4.52. The van der Waals surface area contributed by atoms with Gasteiger partial charge in [0.05, 0.1) is 13.0 Å². The molecule has 5 heteroatoms. The summed E-state index contributed by atoms with van der Waals surface area (Å²) in [6, 6.07) is 0. The summed E-state index contributed by atoms with van der Waals surface area (Å²) in [5.74, 6) is 0.00356. The van der Waals surface area contributed by atoms with Crippen LogP contribution < -0.4 is 0 Å². The Morgan fingerprint density at radius 2 is 1.97 bits per heavy atom. The van der Waals surface area contributed by atoms with E-state index in [2.05, 4.69) is 19.9 Å². The van der Waals surface area contributed by atoms with Gasteiger partial charge in [-0.1, -0.05) is 31.1 Å². The van der Waals surface area contributed by atoms with E-state index in [9.17, 15) is 14.4 Å². The minimum Gasteiger partial charge on any atom is -0.469 e. The first kappa shape index (κ1) is 19.1. The fourth-order valence-corrected chi connectivity index (χ4v) is 7.53. The van der Waals surface area contributed by atoms with Crippen LogP contribution in [0.5, 0.6) is 0 Å². The molecule has 1 spiro atoms. The minimum absolute atomic E-state index is 0.0854. The topological polar surface area (TPSA) is 69.7 Å². The van der Waals surface area contributed by atoms with Crippen LogP contribution in [0.2, 0.25) is 0 Å². The molecule has 0 unspecified atom stereocenters. The number of ketones is 1. The molecule has 1 saturated heterocycles. The summed E-state index contributed by atoms with van der Waals surface area (Å²) >= 11 is 0. The molecular formula is C24H30O5. The van der Waals surface area contributed by atoms with Gasteiger partial charge in [-0.25, -0.2) is 0 Å². The highest BCUT2D eigenvalue weighted by atomic mass is 16.6. The summed E-state index contributed by atoms with van der Waals surface area (Å²) in [5.41, 5.74) is 1.72. The van der Waals surface area contributed by atoms with E-state index in [0.717, 1.165) is 37.7 Å². The Morgan fingerprint density at radius 3 is 2.66 bits per heavy atom. The summed E-state index contributed by atoms with van der Waals surface area (Å²) < 4.78 is 11.2. The van der Waals surface area contributed by atoms with Crippen LogP contribution in [-0.4, -0.2) is 30.4 Å². The van der Waals surface area contributed by atoms with Gasteiger partial charge in [0.2, 0.25) is 0 Å². The lowest BCUT2D eigenvalue weighted by Gasteiger charge is -2.56. The summed E-state index contributed by atoms with van der Waals surface area (Å²) in [4.78, 5) is 37.1. The number of rotatable bonds is 1. The number of hydrogen-bond donors (Lipinski definition) is 0. The van der Waals surface area contributed by atoms with E-state index in [1.165, 1.54) is 12.7 Å². The molecule has 0 radical (unpaired) electrons. The lowest BCUT2D eigenvalue weighted by molar-refractivity contribution is -0.163. The maximum Gasteiger partial charge on any atom is 0.309 e. The van der Waals surface area contributed by atoms with Gasteiger partial charge in [0.25, 0.3) is 0 Å². The van der Waals surface area contributed by atoms with Crippen molar-refractivity contribution in [2.75, 3.05) is 7.11 Å². The van der Waals surface area contributed by atoms with Gasteiger partial charge < -0.3 is 9.47 Å². The van der Waals surface area contributed by atoms with Crippen LogP contribution in [0.4, 0.5) is 0 Å². The quantitative estimate of drug-likeness (QED) is 0.495. The van der Waals surface area contributed by atoms with Crippen molar-refractivity contribution in [2.45, 2.75) is 70.8 Å². The first-order chi connectivity index (χ1) is 13.7. The summed E-state index contributed by atoms with van der Waals surface area (Å²) in [7, 11) is 1.46. The average molecular weight is 398 g/mol. The number of hydrogen-bond acceptors (Lipinski definition) is 5. The van der Waals surface area contributed by atoms with Crippen molar-refractivity contribution >= 4 is 17.7 Å². The zero-order chi connectivity index (χ0) is 20.6. The van der Waals surface area contributed by atoms with E-state index in [1.54, 1.807) is 6.08 Å². The molecule has 156 valence electrons. The van der Waals surface area contributed by atoms with Crippen molar-refractivity contribution in [1.29, 1.82) is 0 Å². The second kappa shape index (κ2) is 6.05. The number of esters is 2. The molecule has 29 heavy (non-hydrogen) atoms. The number of allylic oxidation sites excluding steroid dienone is 4. The van der Waals surface area contributed by atoms with E-state index < -0.39 is 5.60 Å². The molecule has 0 aromatic rings. The molecule has 5 rings (SSSR count). The molecule has 1 aliphatic heterocycles. The molecule has 0 amide bonds. The molecule has 3 fully saturated rings. The Labute approximate surface area is 171 Å². The minimum atomic E-state index is -0.392. The Kier molecular flexibility index (Phi) is 3.98. The van der Waals surface area contributed by atoms with Crippen LogP contribution in [0.15, 0.2) is 23.3 Å². The monoisotopic (exact) mass is 398 g/mol. The van der Waals surface area contributed by atoms with Crippen molar-refractivity contribution in [2.24, 2.45) is 28.6 Å². The fourth-order valence-electron chi connectivity index (χ4n) is 7.53. The standard InChI is InChI=1S/C24H30O5/c1-22-8-4-15(25)12-14(22)13-16(21(27)28-3)20-17(22)5-9-23(2)18(20)6-10-24(23)11-7-19(26)29-24/h5,12,16,18,20H,4,6-11,13H2,1-3H3/t16-,18-,20+,22+,23-,24-/m1/s1. The van der Waals surface area contributed by atoms with Crippen molar-refractivity contribution in [3.63, 3.8) is 0 Å². The van der Waals surface area contributed by atoms with Gasteiger partial charge in [-0.15, -0.1) is 0 Å². The number of carbonyl (C=O) groups is 3. The predicted octanol–water partition coefficient (Wildman–Crippen LogP) is 3.91. The van der Waals surface area contributed by atoms with Crippen molar-refractivity contribution in [3.05, 3.63) is 23.3 Å². The molecule has 5 nitrogen and oxygen atoms in total. The van der Waals surface area contributed by atoms with Crippen molar-refractivity contribution in [1.82, 2.24) is 0 Å². The normalized spacial score (nSPS) is 45.7. The smallest absolute Gasteiger partial charge is 0.309 e. The third-order valence-corrected chi connectivity index (χ3v) is 9.23. The van der Waals surface area contributed by atoms with Crippen LogP contribution in [0.25, 0.3) is 0 Å². The van der Waals surface area contributed by atoms with Gasteiger partial charge in [-0.05, 0) is 56.4 Å². The molecule has 0 N–H and O–H groups in total. The maximum absolute atomic E-state index is 12.9. The highest BCUT2D eigenvalue weighted by molar-refractivity contribution is 5.92. The number of ether oxygens (including phenoxy) is 2. The van der Waals surface area contributed by atoms with Gasteiger partial charge in [-0.3, -0.25) is 14.4 Å². The van der Waals surface area contributed by atoms with Crippen LogP contribution >= 0.6 is 0 Å². The van der Waals surface area contributed by atoms with Crippen molar-refractivity contribution in [3.8, 4) is 0 Å². The van der Waals surface area contributed by atoms with E-state index in [0.29, 0.717) is 19.3 Å². The zero-order valence-corrected chi connectivity index (χ0v) is 17.6. The van der Waals surface area contributed by atoms with Gasteiger partial charge in [-0.2, -0.15) is 0 Å². The Balaban J connectivity index is 1.63. The Bertz CT molecular complexity index is 868. The first-order valence-corrected chi connectivity index (χ1v) is 11.0. The SMILES string of the molecule is COC(=O)[C@@H]1CC2=CC(=O)CC[C@]2(C)C2=CC[C@]3(C)[C@H](CC[C@@]34CCC(=O)O4)[C@H]21. The predicted molar refractivity (Wildman–Crippen MR) is 106 cm³/mol. The van der Waals surface area contributed by atoms with Crippen LogP contribution in [0.1, 0.15) is 65.2 Å². The largest absolute Gasteiger partial charge is 0.469 e. The van der Waals surface area contributed by atoms with Gasteiger partial charge in [0, 0.05) is 23.7 Å². The van der Waals surface area contributed by atoms with E-state index in [1.807, 2.05) is 0 Å². The van der Waals surface area contributed by atoms with Gasteiger partial charge in [0.1, 0.15) is 5.60 Å². The Morgan fingerprint density at radius 1 is 1.17 bits per heavy atom. The Hall–Kier alpha value is -1.91. The van der Waals surface area contributed by atoms with Crippen molar-refractivity contribution < 1.29 is 23.9 Å². The van der Waals surface area contributed by atoms with Crippen LogP contribution in [0.3, 0.4) is 0 Å². The molecule has 4 aliphatic carbocycles. The third kappa shape index (κ3) is 2.36. The molecule has 5 aliphatic rings.